The lowest BCUT2D eigenvalue weighted by atomic mass is 10.1. The van der Waals surface area contributed by atoms with Crippen LogP contribution in [0.4, 0.5) is 0 Å². The summed E-state index contributed by atoms with van der Waals surface area (Å²) < 4.78 is 2.01. The lowest BCUT2D eigenvalue weighted by Crippen LogP contribution is -2.45. The summed E-state index contributed by atoms with van der Waals surface area (Å²) in [6.07, 6.45) is 7.36. The fraction of sp³-hybridized carbons (Fsp3) is 0.556. The fourth-order valence-electron chi connectivity index (χ4n) is 3.35. The van der Waals surface area contributed by atoms with Gasteiger partial charge in [-0.2, -0.15) is 5.10 Å². The van der Waals surface area contributed by atoms with Gasteiger partial charge in [0.25, 0.3) is 0 Å². The zero-order chi connectivity index (χ0) is 16.1. The van der Waals surface area contributed by atoms with Crippen LogP contribution in [-0.2, 0) is 11.3 Å². The van der Waals surface area contributed by atoms with Crippen LogP contribution in [-0.4, -0.2) is 46.8 Å². The quantitative estimate of drug-likeness (QED) is 0.862. The molecule has 1 N–H and O–H groups in total. The number of para-hydroxylation sites is 1. The molecular formula is C18H26N4O. The number of hydrogen-bond acceptors (Lipinski definition) is 3. The van der Waals surface area contributed by atoms with Gasteiger partial charge >= 0.3 is 0 Å². The number of nitrogens with one attached hydrogen (secondary N) is 1. The van der Waals surface area contributed by atoms with Crippen LogP contribution in [0.1, 0.15) is 32.1 Å². The third-order valence-electron chi connectivity index (χ3n) is 4.72. The number of aromatic nitrogens is 2. The van der Waals surface area contributed by atoms with Crippen molar-refractivity contribution < 1.29 is 4.79 Å². The van der Waals surface area contributed by atoms with E-state index in [1.807, 2.05) is 23.0 Å². The number of likely N-dealkylation sites (N-methyl/N-ethyl adjacent to an activating group) is 1. The smallest absolute Gasteiger partial charge is 0.237 e. The number of likely N-dealkylation sites (tertiary alicyclic amines) is 1. The second-order valence-corrected chi connectivity index (χ2v) is 6.42. The standard InChI is InChI=1S/C18H26N4O/c1-21-12-6-2-3-10-17(21)18(23)19-11-7-13-22-16-9-5-4-8-15(16)14-20-22/h4-5,8-9,14,17H,2-3,6-7,10-13H2,1H3,(H,19,23)/t17-/m0/s1. The van der Waals surface area contributed by atoms with E-state index in [1.54, 1.807) is 0 Å². The van der Waals surface area contributed by atoms with Gasteiger partial charge in [-0.1, -0.05) is 31.0 Å². The van der Waals surface area contributed by atoms with Gasteiger partial charge in [0.2, 0.25) is 5.91 Å². The molecule has 1 aromatic heterocycles. The van der Waals surface area contributed by atoms with E-state index in [9.17, 15) is 4.79 Å². The zero-order valence-corrected chi connectivity index (χ0v) is 13.9. The summed E-state index contributed by atoms with van der Waals surface area (Å²) in [5.74, 6) is 0.180. The van der Waals surface area contributed by atoms with Crippen molar-refractivity contribution in [2.24, 2.45) is 0 Å². The van der Waals surface area contributed by atoms with Gasteiger partial charge in [-0.25, -0.2) is 0 Å². The molecule has 1 aromatic carbocycles. The Morgan fingerprint density at radius 1 is 1.30 bits per heavy atom. The van der Waals surface area contributed by atoms with E-state index < -0.39 is 0 Å². The SMILES string of the molecule is CN1CCCCC[C@H]1C(=O)NCCCn1ncc2ccccc21. The molecule has 2 heterocycles. The summed E-state index contributed by atoms with van der Waals surface area (Å²) in [7, 11) is 2.06. The molecule has 1 fully saturated rings. The monoisotopic (exact) mass is 314 g/mol. The largest absolute Gasteiger partial charge is 0.355 e. The van der Waals surface area contributed by atoms with Gasteiger partial charge in [-0.05, 0) is 38.9 Å². The minimum atomic E-state index is 0.0445. The second kappa shape index (κ2) is 7.59. The van der Waals surface area contributed by atoms with Crippen LogP contribution in [0, 0.1) is 0 Å². The summed E-state index contributed by atoms with van der Waals surface area (Å²) >= 11 is 0. The lowest BCUT2D eigenvalue weighted by Gasteiger charge is -2.24. The predicted octanol–water partition coefficient (Wildman–Crippen LogP) is 2.42. The molecule has 1 aliphatic heterocycles. The highest BCUT2D eigenvalue weighted by molar-refractivity contribution is 5.81. The van der Waals surface area contributed by atoms with Gasteiger partial charge in [-0.15, -0.1) is 0 Å². The fourth-order valence-corrected chi connectivity index (χ4v) is 3.35. The van der Waals surface area contributed by atoms with Gasteiger partial charge in [0, 0.05) is 18.5 Å². The summed E-state index contributed by atoms with van der Waals surface area (Å²) in [5.41, 5.74) is 1.15. The topological polar surface area (TPSA) is 50.2 Å². The predicted molar refractivity (Wildman–Crippen MR) is 92.2 cm³/mol. The molecule has 5 nitrogen and oxygen atoms in total. The van der Waals surface area contributed by atoms with Crippen molar-refractivity contribution in [1.29, 1.82) is 0 Å². The molecule has 1 saturated heterocycles. The molecule has 1 amide bonds. The molecule has 0 bridgehead atoms. The first-order valence-corrected chi connectivity index (χ1v) is 8.64. The Morgan fingerprint density at radius 2 is 2.17 bits per heavy atom. The molecule has 0 radical (unpaired) electrons. The normalized spacial score (nSPS) is 19.6. The number of carbonyl (C=O) groups is 1. The van der Waals surface area contributed by atoms with Gasteiger partial charge in [0.1, 0.15) is 0 Å². The van der Waals surface area contributed by atoms with Gasteiger partial charge in [-0.3, -0.25) is 14.4 Å². The van der Waals surface area contributed by atoms with E-state index >= 15 is 0 Å². The molecule has 1 aliphatic rings. The highest BCUT2D eigenvalue weighted by atomic mass is 16.2. The number of rotatable bonds is 5. The Morgan fingerprint density at radius 3 is 3.09 bits per heavy atom. The van der Waals surface area contributed by atoms with Crippen molar-refractivity contribution in [3.8, 4) is 0 Å². The third kappa shape index (κ3) is 3.91. The number of hydrogen-bond donors (Lipinski definition) is 1. The molecule has 5 heteroatoms. The van der Waals surface area contributed by atoms with Crippen molar-refractivity contribution in [2.45, 2.75) is 44.7 Å². The van der Waals surface area contributed by atoms with Gasteiger partial charge in [0.05, 0.1) is 17.8 Å². The van der Waals surface area contributed by atoms with E-state index in [1.165, 1.54) is 12.8 Å². The zero-order valence-electron chi connectivity index (χ0n) is 13.9. The first-order chi connectivity index (χ1) is 11.3. The Balaban J connectivity index is 1.46. The molecule has 2 aromatic rings. The molecule has 0 aliphatic carbocycles. The Kier molecular flexibility index (Phi) is 5.28. The summed E-state index contributed by atoms with van der Waals surface area (Å²) in [5, 5.41) is 8.68. The van der Waals surface area contributed by atoms with E-state index in [2.05, 4.69) is 34.5 Å². The van der Waals surface area contributed by atoms with Crippen molar-refractivity contribution >= 4 is 16.8 Å². The van der Waals surface area contributed by atoms with Crippen LogP contribution in [0.15, 0.2) is 30.5 Å². The number of carbonyl (C=O) groups excluding carboxylic acids is 1. The van der Waals surface area contributed by atoms with E-state index in [4.69, 9.17) is 0 Å². The molecule has 3 rings (SSSR count). The first kappa shape index (κ1) is 16.0. The van der Waals surface area contributed by atoms with Crippen molar-refractivity contribution in [2.75, 3.05) is 20.1 Å². The van der Waals surface area contributed by atoms with Crippen LogP contribution in [0.5, 0.6) is 0 Å². The number of nitrogens with zero attached hydrogens (tertiary/aromatic N) is 3. The molecule has 0 spiro atoms. The van der Waals surface area contributed by atoms with Crippen molar-refractivity contribution in [3.05, 3.63) is 30.5 Å². The molecule has 0 saturated carbocycles. The Hall–Kier alpha value is -1.88. The van der Waals surface area contributed by atoms with Crippen LogP contribution in [0.2, 0.25) is 0 Å². The maximum Gasteiger partial charge on any atom is 0.237 e. The minimum Gasteiger partial charge on any atom is -0.355 e. The van der Waals surface area contributed by atoms with Crippen molar-refractivity contribution in [1.82, 2.24) is 20.0 Å². The van der Waals surface area contributed by atoms with Crippen LogP contribution < -0.4 is 5.32 Å². The maximum absolute atomic E-state index is 12.4. The van der Waals surface area contributed by atoms with E-state index in [-0.39, 0.29) is 11.9 Å². The number of benzene rings is 1. The molecule has 23 heavy (non-hydrogen) atoms. The number of aryl methyl sites for hydroxylation is 1. The summed E-state index contributed by atoms with van der Waals surface area (Å²) in [4.78, 5) is 14.6. The second-order valence-electron chi connectivity index (χ2n) is 6.42. The molecule has 1 atom stereocenters. The van der Waals surface area contributed by atoms with Crippen LogP contribution >= 0.6 is 0 Å². The van der Waals surface area contributed by atoms with E-state index in [0.29, 0.717) is 6.54 Å². The maximum atomic E-state index is 12.4. The van der Waals surface area contributed by atoms with E-state index in [0.717, 1.165) is 43.3 Å². The summed E-state index contributed by atoms with van der Waals surface area (Å²) in [6, 6.07) is 8.26. The van der Waals surface area contributed by atoms with Gasteiger partial charge in [0.15, 0.2) is 0 Å². The summed E-state index contributed by atoms with van der Waals surface area (Å²) in [6.45, 7) is 2.56. The van der Waals surface area contributed by atoms with Crippen molar-refractivity contribution in [3.63, 3.8) is 0 Å². The molecular weight excluding hydrogens is 288 g/mol. The first-order valence-electron chi connectivity index (χ1n) is 8.64. The van der Waals surface area contributed by atoms with Crippen LogP contribution in [0.25, 0.3) is 10.9 Å². The Bertz CT molecular complexity index is 651. The number of amides is 1. The third-order valence-corrected chi connectivity index (χ3v) is 4.72. The Labute approximate surface area is 137 Å². The number of fused-ring (bicyclic) bond motifs is 1. The highest BCUT2D eigenvalue weighted by Crippen LogP contribution is 2.15. The molecule has 124 valence electrons. The van der Waals surface area contributed by atoms with Gasteiger partial charge < -0.3 is 5.32 Å². The average Bonchev–Trinajstić information content (AvgIpc) is 2.85. The minimum absolute atomic E-state index is 0.0445. The highest BCUT2D eigenvalue weighted by Gasteiger charge is 2.24. The average molecular weight is 314 g/mol. The molecule has 0 unspecified atom stereocenters. The lowest BCUT2D eigenvalue weighted by molar-refractivity contribution is -0.126. The van der Waals surface area contributed by atoms with Crippen LogP contribution in [0.3, 0.4) is 0 Å².